The second-order valence-electron chi connectivity index (χ2n) is 6.44. The molecule has 2 heteroatoms. The molecule has 0 amide bonds. The van der Waals surface area contributed by atoms with Crippen molar-refractivity contribution < 1.29 is 4.79 Å². The zero-order valence-electron chi connectivity index (χ0n) is 11.4. The highest BCUT2D eigenvalue weighted by atomic mass is 79.9. The minimum atomic E-state index is -0.218. The van der Waals surface area contributed by atoms with Crippen LogP contribution in [0.3, 0.4) is 0 Å². The molecule has 0 aliphatic heterocycles. The summed E-state index contributed by atoms with van der Waals surface area (Å²) in [4.78, 5) is 12.4. The standard InChI is InChI=1S/C17H19BrO/c1-16(2)13-8-10-17(16,15(19)11-13)9-7-12-3-5-14(18)6-4-12/h3-7,9,13H,8,10-11H2,1-2H3. The minimum Gasteiger partial charge on any atom is -0.299 e. The predicted octanol–water partition coefficient (Wildman–Crippen LogP) is 4.86. The van der Waals surface area contributed by atoms with Crippen LogP contribution in [0.2, 0.25) is 0 Å². The summed E-state index contributed by atoms with van der Waals surface area (Å²) in [7, 11) is 0. The van der Waals surface area contributed by atoms with Gasteiger partial charge in [-0.25, -0.2) is 0 Å². The summed E-state index contributed by atoms with van der Waals surface area (Å²) in [6.45, 7) is 4.53. The Morgan fingerprint density at radius 3 is 2.47 bits per heavy atom. The van der Waals surface area contributed by atoms with Gasteiger partial charge in [0, 0.05) is 10.9 Å². The Labute approximate surface area is 123 Å². The molecule has 19 heavy (non-hydrogen) atoms. The van der Waals surface area contributed by atoms with Gasteiger partial charge in [0.05, 0.1) is 5.41 Å². The van der Waals surface area contributed by atoms with Crippen LogP contribution in [0.5, 0.6) is 0 Å². The van der Waals surface area contributed by atoms with Gasteiger partial charge in [0.1, 0.15) is 5.78 Å². The average Bonchev–Trinajstić information content (AvgIpc) is 2.72. The molecule has 100 valence electrons. The number of carbonyl (C=O) groups is 1. The highest BCUT2D eigenvalue weighted by Gasteiger charge is 2.62. The summed E-state index contributed by atoms with van der Waals surface area (Å²) in [5, 5.41) is 0. The summed E-state index contributed by atoms with van der Waals surface area (Å²) in [6, 6.07) is 8.24. The zero-order valence-corrected chi connectivity index (χ0v) is 13.0. The molecule has 0 saturated heterocycles. The number of benzene rings is 1. The van der Waals surface area contributed by atoms with E-state index in [4.69, 9.17) is 0 Å². The number of fused-ring (bicyclic) bond motifs is 2. The molecule has 0 aromatic heterocycles. The predicted molar refractivity (Wildman–Crippen MR) is 81.7 cm³/mol. The van der Waals surface area contributed by atoms with Crippen LogP contribution in [0, 0.1) is 16.7 Å². The van der Waals surface area contributed by atoms with E-state index in [1.54, 1.807) is 0 Å². The van der Waals surface area contributed by atoms with E-state index in [1.807, 2.05) is 12.1 Å². The fourth-order valence-electron chi connectivity index (χ4n) is 3.91. The van der Waals surface area contributed by atoms with Gasteiger partial charge in [-0.1, -0.05) is 54.1 Å². The van der Waals surface area contributed by atoms with Crippen molar-refractivity contribution in [2.45, 2.75) is 33.1 Å². The van der Waals surface area contributed by atoms with Crippen molar-refractivity contribution in [3.8, 4) is 0 Å². The number of Topliss-reactive ketones (excluding diaryl/α,β-unsaturated/α-hetero) is 1. The number of allylic oxidation sites excluding steroid dienone is 1. The molecule has 0 N–H and O–H groups in total. The molecule has 1 aromatic rings. The molecule has 0 radical (unpaired) electrons. The molecule has 2 bridgehead atoms. The average molecular weight is 319 g/mol. The normalized spacial score (nSPS) is 32.4. The van der Waals surface area contributed by atoms with Crippen molar-refractivity contribution in [3.63, 3.8) is 0 Å². The summed E-state index contributed by atoms with van der Waals surface area (Å²) in [5.41, 5.74) is 1.07. The Kier molecular flexibility index (Phi) is 2.97. The maximum absolute atomic E-state index is 12.4. The summed E-state index contributed by atoms with van der Waals surface area (Å²) in [6.07, 6.45) is 7.31. The summed E-state index contributed by atoms with van der Waals surface area (Å²) in [5.74, 6) is 1.02. The van der Waals surface area contributed by atoms with E-state index in [0.29, 0.717) is 11.7 Å². The smallest absolute Gasteiger partial charge is 0.143 e. The quantitative estimate of drug-likeness (QED) is 0.761. The maximum atomic E-state index is 12.4. The highest BCUT2D eigenvalue weighted by molar-refractivity contribution is 9.10. The molecule has 2 fully saturated rings. The van der Waals surface area contributed by atoms with Crippen molar-refractivity contribution >= 4 is 27.8 Å². The van der Waals surface area contributed by atoms with Crippen molar-refractivity contribution in [1.82, 2.24) is 0 Å². The first-order chi connectivity index (χ1) is 8.96. The number of carbonyl (C=O) groups excluding carboxylic acids is 1. The number of ketones is 1. The number of hydrogen-bond donors (Lipinski definition) is 0. The SMILES string of the molecule is CC1(C)C2CCC1(C=Cc1ccc(Br)cc1)C(=O)C2. The topological polar surface area (TPSA) is 17.1 Å². The fraction of sp³-hybridized carbons (Fsp3) is 0.471. The first kappa shape index (κ1) is 13.1. The number of hydrogen-bond acceptors (Lipinski definition) is 1. The van der Waals surface area contributed by atoms with Crippen LogP contribution in [0.1, 0.15) is 38.7 Å². The van der Waals surface area contributed by atoms with Gasteiger partial charge in [-0.15, -0.1) is 0 Å². The molecule has 2 saturated carbocycles. The fourth-order valence-corrected chi connectivity index (χ4v) is 4.18. The molecular weight excluding hydrogens is 300 g/mol. The van der Waals surface area contributed by atoms with Crippen LogP contribution < -0.4 is 0 Å². The van der Waals surface area contributed by atoms with Crippen LogP contribution in [-0.4, -0.2) is 5.78 Å². The summed E-state index contributed by atoms with van der Waals surface area (Å²) < 4.78 is 1.08. The van der Waals surface area contributed by atoms with Gasteiger partial charge in [-0.05, 0) is 41.9 Å². The first-order valence-electron chi connectivity index (χ1n) is 6.94. The first-order valence-corrected chi connectivity index (χ1v) is 7.73. The van der Waals surface area contributed by atoms with Gasteiger partial charge < -0.3 is 0 Å². The Bertz CT molecular complexity index is 541. The van der Waals surface area contributed by atoms with E-state index in [-0.39, 0.29) is 10.8 Å². The number of halogens is 1. The van der Waals surface area contributed by atoms with Crippen LogP contribution in [0.25, 0.3) is 6.08 Å². The van der Waals surface area contributed by atoms with E-state index in [1.165, 1.54) is 6.42 Å². The minimum absolute atomic E-state index is 0.121. The van der Waals surface area contributed by atoms with Gasteiger partial charge in [0.15, 0.2) is 0 Å². The van der Waals surface area contributed by atoms with Crippen LogP contribution in [0.15, 0.2) is 34.8 Å². The van der Waals surface area contributed by atoms with Gasteiger partial charge in [-0.3, -0.25) is 4.79 Å². The summed E-state index contributed by atoms with van der Waals surface area (Å²) >= 11 is 3.44. The van der Waals surface area contributed by atoms with Gasteiger partial charge >= 0.3 is 0 Å². The molecule has 0 spiro atoms. The highest BCUT2D eigenvalue weighted by Crippen LogP contribution is 2.64. The van der Waals surface area contributed by atoms with Crippen molar-refractivity contribution in [1.29, 1.82) is 0 Å². The molecule has 2 aliphatic carbocycles. The lowest BCUT2D eigenvalue weighted by Crippen LogP contribution is -2.33. The van der Waals surface area contributed by atoms with E-state index >= 15 is 0 Å². The number of rotatable bonds is 2. The molecule has 2 unspecified atom stereocenters. The van der Waals surface area contributed by atoms with Gasteiger partial charge in [0.2, 0.25) is 0 Å². The molecule has 3 rings (SSSR count). The molecule has 1 nitrogen and oxygen atoms in total. The van der Waals surface area contributed by atoms with Crippen LogP contribution in [-0.2, 0) is 4.79 Å². The van der Waals surface area contributed by atoms with Crippen molar-refractivity contribution in [2.75, 3.05) is 0 Å². The molecule has 2 aliphatic rings. The van der Waals surface area contributed by atoms with Gasteiger partial charge in [-0.2, -0.15) is 0 Å². The third-order valence-electron chi connectivity index (χ3n) is 5.42. The lowest BCUT2D eigenvalue weighted by Gasteiger charge is -2.33. The van der Waals surface area contributed by atoms with Crippen molar-refractivity contribution in [2.24, 2.45) is 16.7 Å². The Hall–Kier alpha value is -0.890. The third kappa shape index (κ3) is 1.84. The molecule has 0 heterocycles. The van der Waals surface area contributed by atoms with E-state index in [9.17, 15) is 4.79 Å². The van der Waals surface area contributed by atoms with Crippen molar-refractivity contribution in [3.05, 3.63) is 40.4 Å². The molecule has 2 atom stereocenters. The zero-order chi connectivity index (χ0) is 13.7. The lowest BCUT2D eigenvalue weighted by atomic mass is 9.68. The third-order valence-corrected chi connectivity index (χ3v) is 5.95. The second kappa shape index (κ2) is 4.31. The van der Waals surface area contributed by atoms with E-state index in [2.05, 4.69) is 54.1 Å². The van der Waals surface area contributed by atoms with E-state index in [0.717, 1.165) is 22.9 Å². The monoisotopic (exact) mass is 318 g/mol. The van der Waals surface area contributed by atoms with Crippen LogP contribution in [0.4, 0.5) is 0 Å². The van der Waals surface area contributed by atoms with E-state index < -0.39 is 0 Å². The van der Waals surface area contributed by atoms with Gasteiger partial charge in [0.25, 0.3) is 0 Å². The molecular formula is C17H19BrO. The second-order valence-corrected chi connectivity index (χ2v) is 7.36. The Morgan fingerprint density at radius 1 is 1.26 bits per heavy atom. The Morgan fingerprint density at radius 2 is 1.95 bits per heavy atom. The molecule has 1 aromatic carbocycles. The largest absolute Gasteiger partial charge is 0.299 e. The van der Waals surface area contributed by atoms with Crippen LogP contribution >= 0.6 is 15.9 Å². The maximum Gasteiger partial charge on any atom is 0.143 e. The Balaban J connectivity index is 1.93. The lowest BCUT2D eigenvalue weighted by molar-refractivity contribution is -0.126.